The highest BCUT2D eigenvalue weighted by Gasteiger charge is 2.13. The molecular formula is C14H11ClN2S2. The van der Waals surface area contributed by atoms with Crippen LogP contribution >= 0.6 is 34.3 Å². The maximum atomic E-state index is 5.90. The summed E-state index contributed by atoms with van der Waals surface area (Å²) in [7, 11) is 0. The minimum absolute atomic E-state index is 0.618. The van der Waals surface area contributed by atoms with Crippen molar-refractivity contribution >= 4 is 39.4 Å². The number of hydrogen-bond acceptors (Lipinski definition) is 4. The van der Waals surface area contributed by atoms with Crippen molar-refractivity contribution in [3.63, 3.8) is 0 Å². The monoisotopic (exact) mass is 306 g/mol. The van der Waals surface area contributed by atoms with E-state index in [1.165, 1.54) is 10.4 Å². The predicted octanol–water partition coefficient (Wildman–Crippen LogP) is 4.70. The number of thiazole rings is 1. The van der Waals surface area contributed by atoms with E-state index < -0.39 is 0 Å². The molecule has 0 aliphatic rings. The van der Waals surface area contributed by atoms with Crippen molar-refractivity contribution in [3.8, 4) is 10.6 Å². The molecule has 3 rings (SSSR count). The van der Waals surface area contributed by atoms with E-state index in [2.05, 4.69) is 16.4 Å². The van der Waals surface area contributed by atoms with Gasteiger partial charge in [0.25, 0.3) is 0 Å². The van der Waals surface area contributed by atoms with Crippen LogP contribution in [-0.4, -0.2) is 4.98 Å². The number of nitrogen functional groups attached to an aromatic ring is 1. The molecule has 0 amide bonds. The summed E-state index contributed by atoms with van der Waals surface area (Å²) in [5.41, 5.74) is 8.07. The van der Waals surface area contributed by atoms with Crippen molar-refractivity contribution in [1.82, 2.24) is 4.98 Å². The van der Waals surface area contributed by atoms with Gasteiger partial charge >= 0.3 is 0 Å². The summed E-state index contributed by atoms with van der Waals surface area (Å²) in [5, 5.41) is 3.43. The summed E-state index contributed by atoms with van der Waals surface area (Å²) in [6, 6.07) is 12.0. The van der Waals surface area contributed by atoms with Crippen LogP contribution in [0.15, 0.2) is 41.8 Å². The number of rotatable bonds is 3. The molecule has 0 saturated carbocycles. The maximum absolute atomic E-state index is 5.90. The van der Waals surface area contributed by atoms with Crippen molar-refractivity contribution in [2.45, 2.75) is 6.42 Å². The molecule has 0 atom stereocenters. The van der Waals surface area contributed by atoms with E-state index >= 15 is 0 Å². The van der Waals surface area contributed by atoms with Crippen molar-refractivity contribution in [2.24, 2.45) is 0 Å². The molecule has 0 spiro atoms. The van der Waals surface area contributed by atoms with Gasteiger partial charge in [-0.1, -0.05) is 29.8 Å². The van der Waals surface area contributed by atoms with E-state index in [9.17, 15) is 0 Å². The van der Waals surface area contributed by atoms with Crippen LogP contribution in [-0.2, 0) is 6.42 Å². The van der Waals surface area contributed by atoms with Gasteiger partial charge < -0.3 is 5.73 Å². The molecule has 2 nitrogen and oxygen atoms in total. The van der Waals surface area contributed by atoms with Crippen LogP contribution in [0.4, 0.5) is 5.13 Å². The van der Waals surface area contributed by atoms with Crippen LogP contribution in [0.5, 0.6) is 0 Å². The van der Waals surface area contributed by atoms with E-state index in [1.807, 2.05) is 30.3 Å². The first-order valence-corrected chi connectivity index (χ1v) is 7.83. The number of nitrogens with two attached hydrogens (primary N) is 1. The molecule has 0 aliphatic heterocycles. The lowest BCUT2D eigenvalue weighted by Gasteiger charge is -2.01. The van der Waals surface area contributed by atoms with Crippen molar-refractivity contribution in [3.05, 3.63) is 57.2 Å². The fraction of sp³-hybridized carbons (Fsp3) is 0.0714. The Hall–Kier alpha value is -1.36. The second-order valence-electron chi connectivity index (χ2n) is 4.10. The van der Waals surface area contributed by atoms with E-state index in [-0.39, 0.29) is 0 Å². The van der Waals surface area contributed by atoms with Gasteiger partial charge in [-0.25, -0.2) is 4.98 Å². The van der Waals surface area contributed by atoms with Gasteiger partial charge in [0.05, 0.1) is 10.6 Å². The van der Waals surface area contributed by atoms with Gasteiger partial charge in [0.2, 0.25) is 0 Å². The second-order valence-corrected chi connectivity index (χ2v) is 6.60. The van der Waals surface area contributed by atoms with Crippen LogP contribution < -0.4 is 5.73 Å². The molecule has 3 aromatic rings. The number of hydrogen-bond donors (Lipinski definition) is 1. The molecule has 19 heavy (non-hydrogen) atoms. The molecular weight excluding hydrogens is 296 g/mol. The van der Waals surface area contributed by atoms with E-state index in [0.29, 0.717) is 5.13 Å². The van der Waals surface area contributed by atoms with Crippen LogP contribution in [0.1, 0.15) is 10.4 Å². The number of aromatic nitrogens is 1. The zero-order valence-corrected chi connectivity index (χ0v) is 12.4. The van der Waals surface area contributed by atoms with E-state index in [0.717, 1.165) is 22.0 Å². The van der Waals surface area contributed by atoms with Crippen LogP contribution in [0.2, 0.25) is 5.02 Å². The third-order valence-electron chi connectivity index (χ3n) is 2.75. The molecule has 0 unspecified atom stereocenters. The molecule has 5 heteroatoms. The normalized spacial score (nSPS) is 10.8. The summed E-state index contributed by atoms with van der Waals surface area (Å²) in [5.74, 6) is 0. The van der Waals surface area contributed by atoms with Crippen LogP contribution in [0.3, 0.4) is 0 Å². The molecule has 96 valence electrons. The Morgan fingerprint density at radius 1 is 1.16 bits per heavy atom. The molecule has 2 N–H and O–H groups in total. The topological polar surface area (TPSA) is 38.9 Å². The maximum Gasteiger partial charge on any atom is 0.180 e. The molecule has 2 aromatic heterocycles. The first-order chi connectivity index (χ1) is 9.22. The first kappa shape index (κ1) is 12.7. The number of nitrogens with zero attached hydrogens (tertiary/aromatic N) is 1. The molecule has 1 aromatic carbocycles. The van der Waals surface area contributed by atoms with Crippen molar-refractivity contribution in [1.29, 1.82) is 0 Å². The zero-order chi connectivity index (χ0) is 13.2. The smallest absolute Gasteiger partial charge is 0.180 e. The van der Waals surface area contributed by atoms with Gasteiger partial charge in [0.15, 0.2) is 5.13 Å². The molecule has 0 radical (unpaired) electrons. The molecule has 2 heterocycles. The zero-order valence-electron chi connectivity index (χ0n) is 9.97. The molecule has 0 bridgehead atoms. The standard InChI is InChI=1S/C14H11ClN2S2/c15-10-5-3-9(4-6-10)8-12-13(17-14(16)19-12)11-2-1-7-18-11/h1-7H,8H2,(H2,16,17). The quantitative estimate of drug-likeness (QED) is 0.762. The van der Waals surface area contributed by atoms with E-state index in [4.69, 9.17) is 17.3 Å². The Kier molecular flexibility index (Phi) is 3.55. The largest absolute Gasteiger partial charge is 0.375 e. The fourth-order valence-electron chi connectivity index (χ4n) is 1.88. The average Bonchev–Trinajstić information content (AvgIpc) is 3.01. The fourth-order valence-corrected chi connectivity index (χ4v) is 3.70. The average molecular weight is 307 g/mol. The summed E-state index contributed by atoms with van der Waals surface area (Å²) in [6.45, 7) is 0. The van der Waals surface area contributed by atoms with Gasteiger partial charge in [-0.3, -0.25) is 0 Å². The van der Waals surface area contributed by atoms with Gasteiger partial charge in [0.1, 0.15) is 0 Å². The Morgan fingerprint density at radius 2 is 1.95 bits per heavy atom. The molecule has 0 aliphatic carbocycles. The van der Waals surface area contributed by atoms with Crippen molar-refractivity contribution < 1.29 is 0 Å². The minimum atomic E-state index is 0.618. The van der Waals surface area contributed by atoms with Crippen LogP contribution in [0, 0.1) is 0 Å². The first-order valence-electron chi connectivity index (χ1n) is 5.76. The highest BCUT2D eigenvalue weighted by molar-refractivity contribution is 7.17. The van der Waals surface area contributed by atoms with Gasteiger partial charge in [0, 0.05) is 16.3 Å². The lowest BCUT2D eigenvalue weighted by atomic mass is 10.1. The van der Waals surface area contributed by atoms with Crippen molar-refractivity contribution in [2.75, 3.05) is 5.73 Å². The second kappa shape index (κ2) is 5.33. The van der Waals surface area contributed by atoms with Gasteiger partial charge in [-0.2, -0.15) is 0 Å². The Bertz CT molecular complexity index is 672. The molecule has 0 saturated heterocycles. The predicted molar refractivity (Wildman–Crippen MR) is 84.1 cm³/mol. The van der Waals surface area contributed by atoms with Gasteiger partial charge in [-0.15, -0.1) is 22.7 Å². The highest BCUT2D eigenvalue weighted by Crippen LogP contribution is 2.34. The number of anilines is 1. The Morgan fingerprint density at radius 3 is 2.63 bits per heavy atom. The van der Waals surface area contributed by atoms with Crippen LogP contribution in [0.25, 0.3) is 10.6 Å². The highest BCUT2D eigenvalue weighted by atomic mass is 35.5. The number of thiophene rings is 1. The Labute approximate surface area is 124 Å². The SMILES string of the molecule is Nc1nc(-c2cccs2)c(Cc2ccc(Cl)cc2)s1. The lowest BCUT2D eigenvalue weighted by molar-refractivity contribution is 1.22. The number of halogens is 1. The summed E-state index contributed by atoms with van der Waals surface area (Å²) >= 11 is 9.14. The Balaban J connectivity index is 1.95. The van der Waals surface area contributed by atoms with Gasteiger partial charge in [-0.05, 0) is 29.1 Å². The summed E-state index contributed by atoms with van der Waals surface area (Å²) < 4.78 is 0. The summed E-state index contributed by atoms with van der Waals surface area (Å²) in [6.07, 6.45) is 0.833. The minimum Gasteiger partial charge on any atom is -0.375 e. The van der Waals surface area contributed by atoms with E-state index in [1.54, 1.807) is 22.7 Å². The summed E-state index contributed by atoms with van der Waals surface area (Å²) in [4.78, 5) is 6.81. The lowest BCUT2D eigenvalue weighted by Crippen LogP contribution is -1.87. The molecule has 0 fully saturated rings. The third kappa shape index (κ3) is 2.81. The number of benzene rings is 1. The third-order valence-corrected chi connectivity index (χ3v) is 4.76.